The molecule has 1 N–H and O–H groups in total. The van der Waals surface area contributed by atoms with Crippen LogP contribution in [-0.2, 0) is 26.2 Å². The number of carbonyl (C=O) groups excluding carboxylic acids is 2. The van der Waals surface area contributed by atoms with Crippen molar-refractivity contribution in [1.29, 1.82) is 0 Å². The maximum atomic E-state index is 14.4. The highest BCUT2D eigenvalue weighted by Crippen LogP contribution is 2.32. The topological polar surface area (TPSA) is 96.0 Å². The number of methoxy groups -OCH3 is 1. The lowest BCUT2D eigenvalue weighted by atomic mass is 9.95. The van der Waals surface area contributed by atoms with Gasteiger partial charge in [-0.15, -0.1) is 0 Å². The van der Waals surface area contributed by atoms with E-state index in [0.717, 1.165) is 53.1 Å². The Labute approximate surface area is 266 Å². The van der Waals surface area contributed by atoms with E-state index in [0.29, 0.717) is 12.2 Å². The molecule has 0 saturated heterocycles. The Morgan fingerprint density at radius 3 is 2.30 bits per heavy atom. The minimum Gasteiger partial charge on any atom is -0.495 e. The fourth-order valence-corrected chi connectivity index (χ4v) is 7.27. The van der Waals surface area contributed by atoms with Gasteiger partial charge in [0.25, 0.3) is 10.0 Å². The zero-order chi connectivity index (χ0) is 31.9. The Morgan fingerprint density at radius 1 is 1.00 bits per heavy atom. The summed E-state index contributed by atoms with van der Waals surface area (Å²) >= 11 is 6.43. The second-order valence-electron chi connectivity index (χ2n) is 11.4. The van der Waals surface area contributed by atoms with Gasteiger partial charge >= 0.3 is 0 Å². The number of rotatable bonds is 12. The first kappa shape index (κ1) is 33.3. The lowest BCUT2D eigenvalue weighted by molar-refractivity contribution is -0.140. The summed E-state index contributed by atoms with van der Waals surface area (Å²) in [7, 11) is -2.74. The van der Waals surface area contributed by atoms with Crippen LogP contribution in [0.2, 0.25) is 5.02 Å². The molecular weight excluding hydrogens is 598 g/mol. The predicted molar refractivity (Wildman–Crippen MR) is 175 cm³/mol. The highest BCUT2D eigenvalue weighted by molar-refractivity contribution is 7.92. The van der Waals surface area contributed by atoms with E-state index < -0.39 is 28.5 Å². The smallest absolute Gasteiger partial charge is 0.264 e. The Balaban J connectivity index is 1.74. The third-order valence-electron chi connectivity index (χ3n) is 8.25. The molecule has 0 spiro atoms. The normalized spacial score (nSPS) is 14.5. The lowest BCUT2D eigenvalue weighted by Gasteiger charge is -2.34. The van der Waals surface area contributed by atoms with Crippen LogP contribution in [-0.4, -0.2) is 50.9 Å². The van der Waals surface area contributed by atoms with E-state index in [2.05, 4.69) is 5.32 Å². The van der Waals surface area contributed by atoms with Crippen LogP contribution in [0.3, 0.4) is 0 Å². The molecule has 1 aliphatic carbocycles. The number of nitrogens with one attached hydrogen (secondary N) is 1. The summed E-state index contributed by atoms with van der Waals surface area (Å²) in [5, 5.41) is 3.38. The predicted octanol–water partition coefficient (Wildman–Crippen LogP) is 6.42. The van der Waals surface area contributed by atoms with Crippen molar-refractivity contribution in [1.82, 2.24) is 10.2 Å². The highest BCUT2D eigenvalue weighted by Gasteiger charge is 2.35. The van der Waals surface area contributed by atoms with Crippen molar-refractivity contribution in [2.45, 2.75) is 82.8 Å². The Hall–Kier alpha value is -3.56. The third kappa shape index (κ3) is 7.93. The van der Waals surface area contributed by atoms with Crippen LogP contribution in [0.1, 0.15) is 62.1 Å². The maximum Gasteiger partial charge on any atom is 0.264 e. The number of ether oxygens (including phenoxy) is 1. The van der Waals surface area contributed by atoms with Crippen molar-refractivity contribution < 1.29 is 22.7 Å². The third-order valence-corrected chi connectivity index (χ3v) is 10.3. The van der Waals surface area contributed by atoms with Crippen molar-refractivity contribution in [3.05, 3.63) is 88.4 Å². The number of sulfonamides is 1. The van der Waals surface area contributed by atoms with Gasteiger partial charge in [-0.05, 0) is 74.6 Å². The number of carbonyl (C=O) groups is 2. The minimum atomic E-state index is -4.21. The second kappa shape index (κ2) is 14.9. The molecule has 3 aromatic rings. The maximum absolute atomic E-state index is 14.4. The van der Waals surface area contributed by atoms with E-state index in [-0.39, 0.29) is 34.1 Å². The van der Waals surface area contributed by atoms with Gasteiger partial charge in [0.1, 0.15) is 18.3 Å². The van der Waals surface area contributed by atoms with Crippen LogP contribution in [0.5, 0.6) is 5.75 Å². The second-order valence-corrected chi connectivity index (χ2v) is 13.6. The first-order valence-electron chi connectivity index (χ1n) is 15.1. The molecule has 0 aliphatic heterocycles. The summed E-state index contributed by atoms with van der Waals surface area (Å²) in [6, 6.07) is 18.0. The van der Waals surface area contributed by atoms with Crippen LogP contribution in [0.15, 0.2) is 71.6 Å². The SMILES string of the molecule is CC[C@@H](C(=O)NC1CCCCC1)N(Cc1ccccc1C)C(=O)CN(c1ccc(OC)c(Cl)c1)S(=O)(=O)c1ccc(C)cc1. The monoisotopic (exact) mass is 639 g/mol. The Bertz CT molecular complexity index is 1560. The number of hydrogen-bond acceptors (Lipinski definition) is 5. The van der Waals surface area contributed by atoms with E-state index in [9.17, 15) is 18.0 Å². The Morgan fingerprint density at radius 2 is 1.68 bits per heavy atom. The van der Waals surface area contributed by atoms with Gasteiger partial charge in [-0.1, -0.05) is 79.7 Å². The van der Waals surface area contributed by atoms with E-state index in [1.54, 1.807) is 24.3 Å². The van der Waals surface area contributed by atoms with E-state index >= 15 is 0 Å². The lowest BCUT2D eigenvalue weighted by Crippen LogP contribution is -2.54. The molecule has 1 fully saturated rings. The van der Waals surface area contributed by atoms with Gasteiger partial charge in [-0.25, -0.2) is 8.42 Å². The molecule has 3 aromatic carbocycles. The summed E-state index contributed by atoms with van der Waals surface area (Å²) in [6.45, 7) is 5.32. The van der Waals surface area contributed by atoms with Crippen molar-refractivity contribution in [2.75, 3.05) is 18.0 Å². The molecule has 0 bridgehead atoms. The van der Waals surface area contributed by atoms with Crippen molar-refractivity contribution in [3.63, 3.8) is 0 Å². The van der Waals surface area contributed by atoms with Gasteiger partial charge in [-0.2, -0.15) is 0 Å². The minimum absolute atomic E-state index is 0.0374. The summed E-state index contributed by atoms with van der Waals surface area (Å²) in [5.74, 6) is -0.343. The van der Waals surface area contributed by atoms with Crippen molar-refractivity contribution >= 4 is 39.1 Å². The largest absolute Gasteiger partial charge is 0.495 e. The van der Waals surface area contributed by atoms with Crippen LogP contribution in [0.4, 0.5) is 5.69 Å². The van der Waals surface area contributed by atoms with Crippen LogP contribution < -0.4 is 14.4 Å². The number of halogens is 1. The molecule has 0 unspecified atom stereocenters. The first-order valence-corrected chi connectivity index (χ1v) is 16.9. The molecule has 0 aromatic heterocycles. The molecule has 4 rings (SSSR count). The van der Waals surface area contributed by atoms with Crippen LogP contribution in [0.25, 0.3) is 0 Å². The van der Waals surface area contributed by atoms with Gasteiger partial charge in [0.05, 0.1) is 22.7 Å². The van der Waals surface area contributed by atoms with Crippen molar-refractivity contribution in [2.24, 2.45) is 0 Å². The molecule has 1 saturated carbocycles. The van der Waals surface area contributed by atoms with E-state index in [4.69, 9.17) is 16.3 Å². The van der Waals surface area contributed by atoms with Gasteiger partial charge in [-0.3, -0.25) is 13.9 Å². The van der Waals surface area contributed by atoms with Gasteiger partial charge in [0, 0.05) is 12.6 Å². The summed E-state index contributed by atoms with van der Waals surface area (Å²) in [5.41, 5.74) is 2.96. The summed E-state index contributed by atoms with van der Waals surface area (Å²) in [6.07, 6.45) is 5.47. The molecule has 0 heterocycles. The van der Waals surface area contributed by atoms with Crippen LogP contribution >= 0.6 is 11.6 Å². The molecule has 236 valence electrons. The van der Waals surface area contributed by atoms with Gasteiger partial charge in [0.15, 0.2) is 0 Å². The van der Waals surface area contributed by atoms with E-state index in [1.165, 1.54) is 30.2 Å². The standard InChI is InChI=1S/C34H42ClN3O5S/c1-5-31(34(40)36-27-13-7-6-8-14-27)37(22-26-12-10-9-11-25(26)3)33(39)23-38(28-17-20-32(43-4)30(35)21-28)44(41,42)29-18-15-24(2)16-19-29/h9-12,15-21,27,31H,5-8,13-14,22-23H2,1-4H3,(H,36,40)/t31-/m0/s1. The van der Waals surface area contributed by atoms with Crippen LogP contribution in [0, 0.1) is 13.8 Å². The number of anilines is 1. The van der Waals surface area contributed by atoms with Crippen molar-refractivity contribution in [3.8, 4) is 5.75 Å². The molecule has 2 amide bonds. The summed E-state index contributed by atoms with van der Waals surface area (Å²) in [4.78, 5) is 29.6. The number of benzene rings is 3. The van der Waals surface area contributed by atoms with Gasteiger partial charge in [0.2, 0.25) is 11.8 Å². The van der Waals surface area contributed by atoms with E-state index in [1.807, 2.05) is 45.0 Å². The average Bonchev–Trinajstić information content (AvgIpc) is 3.01. The number of amides is 2. The molecule has 10 heteroatoms. The first-order chi connectivity index (χ1) is 21.0. The number of hydrogen-bond donors (Lipinski definition) is 1. The number of nitrogens with zero attached hydrogens (tertiary/aromatic N) is 2. The average molecular weight is 640 g/mol. The quantitative estimate of drug-likeness (QED) is 0.247. The molecule has 44 heavy (non-hydrogen) atoms. The summed E-state index contributed by atoms with van der Waals surface area (Å²) < 4.78 is 34.6. The highest BCUT2D eigenvalue weighted by atomic mass is 35.5. The zero-order valence-corrected chi connectivity index (χ0v) is 27.5. The van der Waals surface area contributed by atoms with Gasteiger partial charge < -0.3 is 15.0 Å². The molecule has 0 radical (unpaired) electrons. The fraction of sp³-hybridized carbons (Fsp3) is 0.412. The zero-order valence-electron chi connectivity index (χ0n) is 25.9. The molecule has 8 nitrogen and oxygen atoms in total. The molecular formula is C34H42ClN3O5S. The molecule has 1 aliphatic rings. The fourth-order valence-electron chi connectivity index (χ4n) is 5.61. The Kier molecular flexibility index (Phi) is 11.3. The molecule has 1 atom stereocenters. The number of aryl methyl sites for hydroxylation is 2.